The quantitative estimate of drug-likeness (QED) is 0.157. The SMILES string of the molecule is COC(=O)c1cccc2c(CCN(C(=O)OC(C)(C)C)c3ccc(Nc4ccnc5c4CCC5O)cc3)cn(C(=O)OC(C)(C)C)c12. The van der Waals surface area contributed by atoms with Crippen LogP contribution >= 0.6 is 0 Å². The van der Waals surface area contributed by atoms with Crippen LogP contribution < -0.4 is 10.2 Å². The molecule has 2 heterocycles. The van der Waals surface area contributed by atoms with Crippen LogP contribution in [0, 0.1) is 0 Å². The molecule has 1 atom stereocenters. The molecule has 4 aromatic rings. The predicted molar refractivity (Wildman–Crippen MR) is 179 cm³/mol. The van der Waals surface area contributed by atoms with Crippen LogP contribution in [0.4, 0.5) is 26.7 Å². The Labute approximate surface area is 274 Å². The van der Waals surface area contributed by atoms with E-state index in [-0.39, 0.29) is 12.1 Å². The number of hydrogen-bond donors (Lipinski definition) is 2. The molecule has 0 saturated carbocycles. The van der Waals surface area contributed by atoms with Gasteiger partial charge in [-0.2, -0.15) is 0 Å². The molecule has 2 N–H and O–H groups in total. The molecule has 0 saturated heterocycles. The van der Waals surface area contributed by atoms with Crippen LogP contribution in [-0.4, -0.2) is 57.7 Å². The van der Waals surface area contributed by atoms with Gasteiger partial charge in [0, 0.05) is 41.4 Å². The molecule has 1 aliphatic carbocycles. The van der Waals surface area contributed by atoms with Gasteiger partial charge in [-0.25, -0.2) is 14.4 Å². The lowest BCUT2D eigenvalue weighted by Gasteiger charge is -2.27. The maximum Gasteiger partial charge on any atom is 0.419 e. The highest BCUT2D eigenvalue weighted by Crippen LogP contribution is 2.35. The summed E-state index contributed by atoms with van der Waals surface area (Å²) in [6, 6.07) is 14.5. The van der Waals surface area contributed by atoms with Crippen molar-refractivity contribution >= 4 is 46.1 Å². The van der Waals surface area contributed by atoms with Crippen molar-refractivity contribution in [2.24, 2.45) is 0 Å². The molecule has 1 aliphatic rings. The first kappa shape index (κ1) is 33.5. The van der Waals surface area contributed by atoms with E-state index < -0.39 is 35.5 Å². The van der Waals surface area contributed by atoms with Crippen molar-refractivity contribution in [2.75, 3.05) is 23.9 Å². The highest BCUT2D eigenvalue weighted by atomic mass is 16.6. The van der Waals surface area contributed by atoms with E-state index in [0.717, 1.165) is 28.9 Å². The number of nitrogens with one attached hydrogen (secondary N) is 1. The Balaban J connectivity index is 1.45. The van der Waals surface area contributed by atoms with Crippen LogP contribution in [-0.2, 0) is 27.1 Å². The van der Waals surface area contributed by atoms with E-state index in [1.165, 1.54) is 11.7 Å². The molecule has 0 aliphatic heterocycles. The normalized spacial score (nSPS) is 14.4. The first-order valence-electron chi connectivity index (χ1n) is 15.6. The van der Waals surface area contributed by atoms with Crippen LogP contribution in [0.15, 0.2) is 60.9 Å². The molecular weight excluding hydrogens is 600 g/mol. The van der Waals surface area contributed by atoms with Gasteiger partial charge in [0.1, 0.15) is 11.2 Å². The summed E-state index contributed by atoms with van der Waals surface area (Å²) in [7, 11) is 1.29. The number of rotatable bonds is 7. The zero-order valence-corrected chi connectivity index (χ0v) is 27.9. The molecule has 2 aromatic carbocycles. The van der Waals surface area contributed by atoms with E-state index >= 15 is 0 Å². The molecule has 2 aromatic heterocycles. The van der Waals surface area contributed by atoms with Gasteiger partial charge in [0.25, 0.3) is 0 Å². The van der Waals surface area contributed by atoms with E-state index in [1.807, 2.05) is 57.2 Å². The Kier molecular flexibility index (Phi) is 9.31. The summed E-state index contributed by atoms with van der Waals surface area (Å²) in [5.74, 6) is -0.581. The molecule has 1 unspecified atom stereocenters. The summed E-state index contributed by atoms with van der Waals surface area (Å²) in [4.78, 5) is 45.4. The summed E-state index contributed by atoms with van der Waals surface area (Å²) in [6.45, 7) is 11.0. The Bertz CT molecular complexity index is 1800. The van der Waals surface area contributed by atoms with Crippen molar-refractivity contribution in [3.63, 3.8) is 0 Å². The standard InChI is InChI=1S/C36H42N4O7/c1-35(2,3)46-33(43)39(24-13-11-23(12-14-24)38-28-17-19-37-30-26(28)15-16-29(30)41)20-18-22-21-40(34(44)47-36(4,5)6)31-25(22)9-8-10-27(31)32(42)45-7/h8-14,17,19,21,29,41H,15-16,18,20H2,1-7H3,(H,37,38). The Morgan fingerprint density at radius 1 is 1.00 bits per heavy atom. The van der Waals surface area contributed by atoms with Gasteiger partial charge in [-0.3, -0.25) is 14.5 Å². The summed E-state index contributed by atoms with van der Waals surface area (Å²) in [6.07, 6.45) is 3.34. The van der Waals surface area contributed by atoms with E-state index in [1.54, 1.807) is 50.2 Å². The fourth-order valence-electron chi connectivity index (χ4n) is 5.63. The number of aliphatic hydroxyl groups excluding tert-OH is 1. The maximum atomic E-state index is 13.5. The van der Waals surface area contributed by atoms with Crippen LogP contribution in [0.2, 0.25) is 0 Å². The average molecular weight is 643 g/mol. The summed E-state index contributed by atoms with van der Waals surface area (Å²) in [5, 5.41) is 14.3. The van der Waals surface area contributed by atoms with Crippen LogP contribution in [0.25, 0.3) is 10.9 Å². The lowest BCUT2D eigenvalue weighted by atomic mass is 10.1. The lowest BCUT2D eigenvalue weighted by Crippen LogP contribution is -2.38. The molecular formula is C36H42N4O7. The van der Waals surface area contributed by atoms with E-state index in [2.05, 4.69) is 10.3 Å². The van der Waals surface area contributed by atoms with Crippen LogP contribution in [0.3, 0.4) is 0 Å². The Morgan fingerprint density at radius 3 is 2.36 bits per heavy atom. The number of para-hydroxylation sites is 1. The lowest BCUT2D eigenvalue weighted by molar-refractivity contribution is 0.0539. The number of pyridine rings is 1. The fourth-order valence-corrected chi connectivity index (χ4v) is 5.63. The number of aromatic nitrogens is 2. The molecule has 0 fully saturated rings. The number of ether oxygens (including phenoxy) is 3. The van der Waals surface area contributed by atoms with Crippen LogP contribution in [0.1, 0.15) is 81.2 Å². The number of benzene rings is 2. The first-order valence-corrected chi connectivity index (χ1v) is 15.6. The number of methoxy groups -OCH3 is 1. The van der Waals surface area contributed by atoms with Crippen molar-refractivity contribution in [1.82, 2.24) is 9.55 Å². The number of esters is 1. The zero-order valence-electron chi connectivity index (χ0n) is 27.9. The van der Waals surface area contributed by atoms with Gasteiger partial charge < -0.3 is 24.6 Å². The smallest absolute Gasteiger partial charge is 0.419 e. The third-order valence-electron chi connectivity index (χ3n) is 7.65. The number of hydrogen-bond acceptors (Lipinski definition) is 9. The van der Waals surface area contributed by atoms with E-state index in [0.29, 0.717) is 35.1 Å². The topological polar surface area (TPSA) is 132 Å². The molecule has 248 valence electrons. The van der Waals surface area contributed by atoms with Gasteiger partial charge in [0.05, 0.1) is 30.0 Å². The summed E-state index contributed by atoms with van der Waals surface area (Å²) < 4.78 is 17.8. The Hall–Kier alpha value is -4.90. The molecule has 47 heavy (non-hydrogen) atoms. The number of amides is 1. The maximum absolute atomic E-state index is 13.5. The fraction of sp³-hybridized carbons (Fsp3) is 0.389. The third-order valence-corrected chi connectivity index (χ3v) is 7.65. The van der Waals surface area contributed by atoms with E-state index in [9.17, 15) is 19.5 Å². The highest BCUT2D eigenvalue weighted by Gasteiger charge is 2.28. The number of carbonyl (C=O) groups excluding carboxylic acids is 3. The zero-order chi connectivity index (χ0) is 34.1. The third kappa shape index (κ3) is 7.57. The second-order valence-electron chi connectivity index (χ2n) is 13.5. The van der Waals surface area contributed by atoms with Gasteiger partial charge in [-0.1, -0.05) is 12.1 Å². The number of anilines is 3. The minimum Gasteiger partial charge on any atom is -0.465 e. The van der Waals surface area contributed by atoms with Gasteiger partial charge in [0.2, 0.25) is 0 Å². The minimum atomic E-state index is -0.763. The van der Waals surface area contributed by atoms with Crippen LogP contribution in [0.5, 0.6) is 0 Å². The van der Waals surface area contributed by atoms with Gasteiger partial charge in [0.15, 0.2) is 0 Å². The summed E-state index contributed by atoms with van der Waals surface area (Å²) in [5.41, 5.74) is 3.85. The van der Waals surface area contributed by atoms with Crippen molar-refractivity contribution in [1.29, 1.82) is 0 Å². The number of aliphatic hydroxyl groups is 1. The second kappa shape index (κ2) is 13.1. The summed E-state index contributed by atoms with van der Waals surface area (Å²) >= 11 is 0. The highest BCUT2D eigenvalue weighted by molar-refractivity contribution is 6.07. The minimum absolute atomic E-state index is 0.216. The first-order chi connectivity index (χ1) is 22.1. The molecule has 5 rings (SSSR count). The average Bonchev–Trinajstić information content (AvgIpc) is 3.57. The van der Waals surface area contributed by atoms with Gasteiger partial charge in [-0.15, -0.1) is 0 Å². The molecule has 11 heteroatoms. The number of carbonyl (C=O) groups is 3. The largest absolute Gasteiger partial charge is 0.465 e. The van der Waals surface area contributed by atoms with E-state index in [4.69, 9.17) is 14.2 Å². The molecule has 0 radical (unpaired) electrons. The number of nitrogens with zero attached hydrogens (tertiary/aromatic N) is 3. The van der Waals surface area contributed by atoms with Crippen molar-refractivity contribution in [3.05, 3.63) is 83.3 Å². The second-order valence-corrected chi connectivity index (χ2v) is 13.5. The molecule has 0 spiro atoms. The number of fused-ring (bicyclic) bond motifs is 2. The van der Waals surface area contributed by atoms with Gasteiger partial charge >= 0.3 is 18.2 Å². The molecule has 11 nitrogen and oxygen atoms in total. The van der Waals surface area contributed by atoms with Crippen molar-refractivity contribution in [2.45, 2.75) is 78.1 Å². The molecule has 0 bridgehead atoms. The monoisotopic (exact) mass is 642 g/mol. The molecule has 1 amide bonds. The Morgan fingerprint density at radius 2 is 1.70 bits per heavy atom. The van der Waals surface area contributed by atoms with Crippen molar-refractivity contribution in [3.8, 4) is 0 Å². The predicted octanol–water partition coefficient (Wildman–Crippen LogP) is 7.31. The van der Waals surface area contributed by atoms with Crippen molar-refractivity contribution < 1.29 is 33.7 Å². The van der Waals surface area contributed by atoms with Gasteiger partial charge in [-0.05, 0) is 108 Å².